The zero-order chi connectivity index (χ0) is 18.7. The molecule has 27 heavy (non-hydrogen) atoms. The zero-order valence-electron chi connectivity index (χ0n) is 15.9. The lowest BCUT2D eigenvalue weighted by Crippen LogP contribution is -2.39. The predicted octanol–water partition coefficient (Wildman–Crippen LogP) is 3.10. The summed E-state index contributed by atoms with van der Waals surface area (Å²) >= 11 is 0. The summed E-state index contributed by atoms with van der Waals surface area (Å²) in [7, 11) is 0. The fourth-order valence-corrected chi connectivity index (χ4v) is 2.93. The molecule has 144 valence electrons. The monoisotopic (exact) mass is 368 g/mol. The third-order valence-corrected chi connectivity index (χ3v) is 4.29. The molecule has 1 N–H and O–H groups in total. The van der Waals surface area contributed by atoms with Crippen LogP contribution in [0.5, 0.6) is 11.6 Å². The minimum absolute atomic E-state index is 0.457. The van der Waals surface area contributed by atoms with Gasteiger partial charge in [0.15, 0.2) is 5.96 Å². The lowest BCUT2D eigenvalue weighted by atomic mass is 10.3. The summed E-state index contributed by atoms with van der Waals surface area (Å²) in [5.41, 5.74) is 1.07. The molecule has 1 aliphatic heterocycles. The maximum Gasteiger partial charge on any atom is 0.213 e. The molecule has 0 unspecified atom stereocenters. The third-order valence-electron chi connectivity index (χ3n) is 4.29. The second-order valence-electron chi connectivity index (χ2n) is 6.38. The van der Waals surface area contributed by atoms with Gasteiger partial charge in [0.2, 0.25) is 5.88 Å². The SMILES string of the molecule is CCNC(=NCc1ccc(OCCOc2ccccc2)nc1)N1CCCC1. The topological polar surface area (TPSA) is 59.0 Å². The highest BCUT2D eigenvalue weighted by molar-refractivity contribution is 5.80. The number of hydrogen-bond donors (Lipinski definition) is 1. The first-order valence-electron chi connectivity index (χ1n) is 9.64. The van der Waals surface area contributed by atoms with E-state index in [4.69, 9.17) is 14.5 Å². The van der Waals surface area contributed by atoms with E-state index in [9.17, 15) is 0 Å². The smallest absolute Gasteiger partial charge is 0.213 e. The Morgan fingerprint density at radius 3 is 2.56 bits per heavy atom. The summed E-state index contributed by atoms with van der Waals surface area (Å²) in [6.45, 7) is 6.71. The minimum atomic E-state index is 0.457. The van der Waals surface area contributed by atoms with Gasteiger partial charge in [0.25, 0.3) is 0 Å². The summed E-state index contributed by atoms with van der Waals surface area (Å²) in [6, 6.07) is 13.6. The van der Waals surface area contributed by atoms with Crippen molar-refractivity contribution in [2.24, 2.45) is 4.99 Å². The van der Waals surface area contributed by atoms with Gasteiger partial charge in [-0.25, -0.2) is 9.98 Å². The predicted molar refractivity (Wildman–Crippen MR) is 107 cm³/mol. The van der Waals surface area contributed by atoms with Crippen LogP contribution in [0.4, 0.5) is 0 Å². The van der Waals surface area contributed by atoms with E-state index in [0.29, 0.717) is 25.6 Å². The van der Waals surface area contributed by atoms with Crippen LogP contribution in [0.2, 0.25) is 0 Å². The van der Waals surface area contributed by atoms with Crippen molar-refractivity contribution in [2.75, 3.05) is 32.8 Å². The van der Waals surface area contributed by atoms with Crippen molar-refractivity contribution in [1.82, 2.24) is 15.2 Å². The third kappa shape index (κ3) is 6.16. The van der Waals surface area contributed by atoms with E-state index in [1.807, 2.05) is 48.7 Å². The van der Waals surface area contributed by atoms with Crippen LogP contribution in [0.15, 0.2) is 53.7 Å². The highest BCUT2D eigenvalue weighted by Gasteiger charge is 2.15. The first kappa shape index (κ1) is 19.0. The Hall–Kier alpha value is -2.76. The summed E-state index contributed by atoms with van der Waals surface area (Å²) in [4.78, 5) is 11.4. The summed E-state index contributed by atoms with van der Waals surface area (Å²) < 4.78 is 11.2. The number of aliphatic imine (C=N–C) groups is 1. The number of pyridine rings is 1. The molecule has 0 amide bonds. The Balaban J connectivity index is 1.44. The molecule has 2 heterocycles. The number of rotatable bonds is 8. The number of nitrogens with zero attached hydrogens (tertiary/aromatic N) is 3. The largest absolute Gasteiger partial charge is 0.490 e. The van der Waals surface area contributed by atoms with Crippen LogP contribution >= 0.6 is 0 Å². The molecule has 0 atom stereocenters. The van der Waals surface area contributed by atoms with Gasteiger partial charge in [-0.3, -0.25) is 0 Å². The number of benzene rings is 1. The van der Waals surface area contributed by atoms with Crippen LogP contribution in [0.25, 0.3) is 0 Å². The zero-order valence-corrected chi connectivity index (χ0v) is 15.9. The van der Waals surface area contributed by atoms with Crippen molar-refractivity contribution < 1.29 is 9.47 Å². The molecular formula is C21H28N4O2. The molecule has 2 aromatic rings. The first-order chi connectivity index (χ1) is 13.3. The quantitative estimate of drug-likeness (QED) is 0.441. The van der Waals surface area contributed by atoms with E-state index >= 15 is 0 Å². The van der Waals surface area contributed by atoms with Crippen molar-refractivity contribution in [1.29, 1.82) is 0 Å². The van der Waals surface area contributed by atoms with Crippen molar-refractivity contribution in [3.8, 4) is 11.6 Å². The normalized spacial score (nSPS) is 14.3. The number of para-hydroxylation sites is 1. The number of ether oxygens (including phenoxy) is 2. The molecule has 1 fully saturated rings. The molecular weight excluding hydrogens is 340 g/mol. The molecule has 1 aliphatic rings. The molecule has 1 saturated heterocycles. The second-order valence-corrected chi connectivity index (χ2v) is 6.38. The highest BCUT2D eigenvalue weighted by Crippen LogP contribution is 2.12. The Morgan fingerprint density at radius 1 is 1.07 bits per heavy atom. The highest BCUT2D eigenvalue weighted by atomic mass is 16.5. The van der Waals surface area contributed by atoms with Crippen LogP contribution in [0, 0.1) is 0 Å². The number of nitrogens with one attached hydrogen (secondary N) is 1. The van der Waals surface area contributed by atoms with Gasteiger partial charge in [0.1, 0.15) is 19.0 Å². The van der Waals surface area contributed by atoms with Gasteiger partial charge in [-0.05, 0) is 37.5 Å². The fraction of sp³-hybridized carbons (Fsp3) is 0.429. The van der Waals surface area contributed by atoms with Gasteiger partial charge in [-0.1, -0.05) is 24.3 Å². The molecule has 0 aliphatic carbocycles. The standard InChI is InChI=1S/C21H28N4O2/c1-2-22-21(25-12-6-7-13-25)24-17-18-10-11-20(23-16-18)27-15-14-26-19-8-4-3-5-9-19/h3-5,8-11,16H,2,6-7,12-15,17H2,1H3,(H,22,24). The van der Waals surface area contributed by atoms with Crippen molar-refractivity contribution in [2.45, 2.75) is 26.3 Å². The molecule has 1 aromatic carbocycles. The minimum Gasteiger partial charge on any atom is -0.490 e. The van der Waals surface area contributed by atoms with E-state index < -0.39 is 0 Å². The van der Waals surface area contributed by atoms with Gasteiger partial charge >= 0.3 is 0 Å². The van der Waals surface area contributed by atoms with Gasteiger partial charge in [-0.15, -0.1) is 0 Å². The Kier molecular flexibility index (Phi) is 7.33. The summed E-state index contributed by atoms with van der Waals surface area (Å²) in [5.74, 6) is 2.44. The number of hydrogen-bond acceptors (Lipinski definition) is 4. The maximum atomic E-state index is 5.64. The van der Waals surface area contributed by atoms with Crippen LogP contribution in [0.3, 0.4) is 0 Å². The van der Waals surface area contributed by atoms with E-state index in [2.05, 4.69) is 22.1 Å². The molecule has 1 aromatic heterocycles. The molecule has 0 bridgehead atoms. The first-order valence-corrected chi connectivity index (χ1v) is 9.64. The van der Waals surface area contributed by atoms with Gasteiger partial charge in [0, 0.05) is 31.9 Å². The second kappa shape index (κ2) is 10.4. The average molecular weight is 368 g/mol. The van der Waals surface area contributed by atoms with E-state index in [-0.39, 0.29) is 0 Å². The van der Waals surface area contributed by atoms with Gasteiger partial charge in [-0.2, -0.15) is 0 Å². The van der Waals surface area contributed by atoms with Crippen LogP contribution in [-0.4, -0.2) is 48.7 Å². The lowest BCUT2D eigenvalue weighted by molar-refractivity contribution is 0.212. The Labute approximate surface area is 161 Å². The molecule has 0 saturated carbocycles. The van der Waals surface area contributed by atoms with Crippen LogP contribution in [0.1, 0.15) is 25.3 Å². The van der Waals surface area contributed by atoms with E-state index in [1.165, 1.54) is 12.8 Å². The van der Waals surface area contributed by atoms with Crippen LogP contribution in [-0.2, 0) is 6.54 Å². The van der Waals surface area contributed by atoms with Crippen molar-refractivity contribution >= 4 is 5.96 Å². The van der Waals surface area contributed by atoms with Gasteiger partial charge in [0.05, 0.1) is 6.54 Å². The number of aromatic nitrogens is 1. The molecule has 0 spiro atoms. The molecule has 0 radical (unpaired) electrons. The van der Waals surface area contributed by atoms with E-state index in [0.717, 1.165) is 36.9 Å². The summed E-state index contributed by atoms with van der Waals surface area (Å²) in [5, 5.41) is 3.37. The van der Waals surface area contributed by atoms with Crippen LogP contribution < -0.4 is 14.8 Å². The maximum absolute atomic E-state index is 5.64. The van der Waals surface area contributed by atoms with Crippen molar-refractivity contribution in [3.63, 3.8) is 0 Å². The van der Waals surface area contributed by atoms with Gasteiger partial charge < -0.3 is 19.7 Å². The number of likely N-dealkylation sites (tertiary alicyclic amines) is 1. The number of guanidine groups is 1. The van der Waals surface area contributed by atoms with E-state index in [1.54, 1.807) is 0 Å². The van der Waals surface area contributed by atoms with Crippen molar-refractivity contribution in [3.05, 3.63) is 54.2 Å². The molecule has 3 rings (SSSR count). The average Bonchev–Trinajstić information content (AvgIpc) is 3.25. The fourth-order valence-electron chi connectivity index (χ4n) is 2.93. The summed E-state index contributed by atoms with van der Waals surface area (Å²) in [6.07, 6.45) is 4.31. The Morgan fingerprint density at radius 2 is 1.85 bits per heavy atom. The Bertz CT molecular complexity index is 698. The molecule has 6 heteroatoms. The molecule has 6 nitrogen and oxygen atoms in total. The lowest BCUT2D eigenvalue weighted by Gasteiger charge is -2.20.